The molecule has 3 nitrogen and oxygen atoms in total. The highest BCUT2D eigenvalue weighted by atomic mass is 79.9. The molecular weight excluding hydrogens is 354 g/mol. The van der Waals surface area contributed by atoms with E-state index in [9.17, 15) is 9.90 Å². The maximum absolute atomic E-state index is 12.4. The van der Waals surface area contributed by atoms with Gasteiger partial charge in [0, 0.05) is 10.9 Å². The molecule has 21 heavy (non-hydrogen) atoms. The molecule has 1 aliphatic rings. The number of aliphatic hydroxyl groups excluding tert-OH is 1. The number of hydrogen-bond acceptors (Lipinski definition) is 2. The molecule has 0 spiro atoms. The van der Waals surface area contributed by atoms with Gasteiger partial charge in [-0.3, -0.25) is 4.79 Å². The maximum Gasteiger partial charge on any atom is 0.253 e. The number of fused-ring (bicyclic) bond motifs is 1. The van der Waals surface area contributed by atoms with Gasteiger partial charge in [-0.15, -0.1) is 0 Å². The first-order valence-electron chi connectivity index (χ1n) is 6.58. The van der Waals surface area contributed by atoms with Gasteiger partial charge in [-0.2, -0.15) is 0 Å². The number of hydrogen-bond donors (Lipinski definition) is 2. The van der Waals surface area contributed by atoms with Crippen LogP contribution in [0.2, 0.25) is 5.02 Å². The first-order chi connectivity index (χ1) is 10.1. The minimum atomic E-state index is -0.614. The lowest BCUT2D eigenvalue weighted by Gasteiger charge is -2.18. The number of aliphatic hydroxyl groups is 1. The second-order valence-electron chi connectivity index (χ2n) is 5.05. The lowest BCUT2D eigenvalue weighted by atomic mass is 10.1. The summed E-state index contributed by atoms with van der Waals surface area (Å²) < 4.78 is 0.782. The molecule has 0 aromatic heterocycles. The largest absolute Gasteiger partial charge is 0.390 e. The standard InChI is InChI=1S/C16H13BrClNO2/c17-10-5-6-13(18)12(8-10)16(21)19-15-11-4-2-1-3-9(11)7-14(15)20/h1-6,8,14-15,20H,7H2,(H,19,21). The molecule has 0 saturated heterocycles. The minimum absolute atomic E-state index is 0.290. The Morgan fingerprint density at radius 1 is 1.29 bits per heavy atom. The van der Waals surface area contributed by atoms with Crippen LogP contribution in [0, 0.1) is 0 Å². The predicted molar refractivity (Wildman–Crippen MR) is 85.5 cm³/mol. The molecule has 3 rings (SSSR count). The summed E-state index contributed by atoms with van der Waals surface area (Å²) in [4.78, 5) is 12.4. The van der Waals surface area contributed by atoms with Gasteiger partial charge in [-0.1, -0.05) is 51.8 Å². The maximum atomic E-state index is 12.4. The van der Waals surface area contributed by atoms with Crippen LogP contribution in [-0.2, 0) is 6.42 Å². The van der Waals surface area contributed by atoms with Crippen LogP contribution in [0.5, 0.6) is 0 Å². The highest BCUT2D eigenvalue weighted by Crippen LogP contribution is 2.32. The summed E-state index contributed by atoms with van der Waals surface area (Å²) in [6.45, 7) is 0. The van der Waals surface area contributed by atoms with Crippen molar-refractivity contribution in [1.29, 1.82) is 0 Å². The fourth-order valence-corrected chi connectivity index (χ4v) is 3.20. The Labute approximate surface area is 136 Å². The lowest BCUT2D eigenvalue weighted by Crippen LogP contribution is -2.34. The SMILES string of the molecule is O=C(NC1c2ccccc2CC1O)c1cc(Br)ccc1Cl. The normalized spacial score (nSPS) is 20.1. The van der Waals surface area contributed by atoms with Gasteiger partial charge >= 0.3 is 0 Å². The lowest BCUT2D eigenvalue weighted by molar-refractivity contribution is 0.0858. The zero-order valence-electron chi connectivity index (χ0n) is 11.0. The molecule has 0 heterocycles. The number of nitrogens with one attached hydrogen (secondary N) is 1. The van der Waals surface area contributed by atoms with Crippen LogP contribution in [-0.4, -0.2) is 17.1 Å². The zero-order chi connectivity index (χ0) is 15.0. The second-order valence-corrected chi connectivity index (χ2v) is 6.37. The molecule has 0 bridgehead atoms. The number of benzene rings is 2. The first-order valence-corrected chi connectivity index (χ1v) is 7.75. The van der Waals surface area contributed by atoms with Crippen LogP contribution in [0.25, 0.3) is 0 Å². The highest BCUT2D eigenvalue weighted by molar-refractivity contribution is 9.10. The fraction of sp³-hybridized carbons (Fsp3) is 0.188. The Bertz CT molecular complexity index is 704. The Kier molecular flexibility index (Phi) is 4.02. The molecule has 1 amide bonds. The van der Waals surface area contributed by atoms with E-state index >= 15 is 0 Å². The van der Waals surface area contributed by atoms with E-state index in [1.165, 1.54) is 0 Å². The highest BCUT2D eigenvalue weighted by Gasteiger charge is 2.32. The third-order valence-electron chi connectivity index (χ3n) is 3.66. The van der Waals surface area contributed by atoms with Crippen LogP contribution >= 0.6 is 27.5 Å². The number of carbonyl (C=O) groups is 1. The van der Waals surface area contributed by atoms with Gasteiger partial charge in [0.15, 0.2) is 0 Å². The van der Waals surface area contributed by atoms with E-state index in [2.05, 4.69) is 21.2 Å². The van der Waals surface area contributed by atoms with E-state index in [-0.39, 0.29) is 5.91 Å². The Hall–Kier alpha value is -1.36. The molecule has 2 aromatic rings. The quantitative estimate of drug-likeness (QED) is 0.855. The minimum Gasteiger partial charge on any atom is -0.390 e. The van der Waals surface area contributed by atoms with E-state index in [4.69, 9.17) is 11.6 Å². The van der Waals surface area contributed by atoms with Gasteiger partial charge in [0.1, 0.15) is 0 Å². The van der Waals surface area contributed by atoms with Gasteiger partial charge in [-0.25, -0.2) is 0 Å². The van der Waals surface area contributed by atoms with Crippen molar-refractivity contribution in [3.8, 4) is 0 Å². The Morgan fingerprint density at radius 3 is 2.86 bits per heavy atom. The summed E-state index contributed by atoms with van der Waals surface area (Å²) in [5, 5.41) is 13.4. The number of rotatable bonds is 2. The van der Waals surface area contributed by atoms with E-state index in [1.807, 2.05) is 24.3 Å². The van der Waals surface area contributed by atoms with Crippen LogP contribution in [0.1, 0.15) is 27.5 Å². The molecular formula is C16H13BrClNO2. The van der Waals surface area contributed by atoms with Crippen molar-refractivity contribution in [2.75, 3.05) is 0 Å². The van der Waals surface area contributed by atoms with E-state index in [0.29, 0.717) is 17.0 Å². The van der Waals surface area contributed by atoms with Crippen molar-refractivity contribution in [3.05, 3.63) is 68.7 Å². The number of halogens is 2. The van der Waals surface area contributed by atoms with E-state index in [0.717, 1.165) is 15.6 Å². The van der Waals surface area contributed by atoms with Crippen LogP contribution in [0.15, 0.2) is 46.9 Å². The smallest absolute Gasteiger partial charge is 0.253 e. The molecule has 1 aliphatic carbocycles. The molecule has 0 radical (unpaired) electrons. The van der Waals surface area contributed by atoms with E-state index < -0.39 is 12.1 Å². The number of amides is 1. The van der Waals surface area contributed by atoms with Crippen molar-refractivity contribution in [2.45, 2.75) is 18.6 Å². The van der Waals surface area contributed by atoms with Crippen molar-refractivity contribution < 1.29 is 9.90 Å². The van der Waals surface area contributed by atoms with Gasteiger partial charge < -0.3 is 10.4 Å². The second kappa shape index (κ2) is 5.79. The Morgan fingerprint density at radius 2 is 2.05 bits per heavy atom. The van der Waals surface area contributed by atoms with Crippen molar-refractivity contribution >= 4 is 33.4 Å². The topological polar surface area (TPSA) is 49.3 Å². The van der Waals surface area contributed by atoms with Crippen LogP contribution in [0.3, 0.4) is 0 Å². The molecule has 2 atom stereocenters. The molecule has 0 saturated carbocycles. The van der Waals surface area contributed by atoms with Crippen molar-refractivity contribution in [3.63, 3.8) is 0 Å². The van der Waals surface area contributed by atoms with Crippen LogP contribution < -0.4 is 5.32 Å². The predicted octanol–water partition coefficient (Wildman–Crippen LogP) is 3.49. The van der Waals surface area contributed by atoms with Crippen LogP contribution in [0.4, 0.5) is 0 Å². The monoisotopic (exact) mass is 365 g/mol. The summed E-state index contributed by atoms with van der Waals surface area (Å²) in [5.74, 6) is -0.290. The third-order valence-corrected chi connectivity index (χ3v) is 4.49. The summed E-state index contributed by atoms with van der Waals surface area (Å²) >= 11 is 9.40. The number of carbonyl (C=O) groups excluding carboxylic acids is 1. The molecule has 2 unspecified atom stereocenters. The van der Waals surface area contributed by atoms with E-state index in [1.54, 1.807) is 18.2 Å². The van der Waals surface area contributed by atoms with Gasteiger partial charge in [0.2, 0.25) is 0 Å². The van der Waals surface area contributed by atoms with Gasteiger partial charge in [0.25, 0.3) is 5.91 Å². The fourth-order valence-electron chi connectivity index (χ4n) is 2.64. The molecule has 2 aromatic carbocycles. The summed E-state index contributed by atoms with van der Waals surface area (Å²) in [5.41, 5.74) is 2.42. The summed E-state index contributed by atoms with van der Waals surface area (Å²) in [7, 11) is 0. The van der Waals surface area contributed by atoms with Crippen molar-refractivity contribution in [2.24, 2.45) is 0 Å². The Balaban J connectivity index is 1.87. The molecule has 5 heteroatoms. The summed E-state index contributed by atoms with van der Waals surface area (Å²) in [6.07, 6.45) is -0.0647. The average Bonchev–Trinajstić information content (AvgIpc) is 2.78. The molecule has 108 valence electrons. The van der Waals surface area contributed by atoms with Gasteiger partial charge in [0.05, 0.1) is 22.7 Å². The van der Waals surface area contributed by atoms with Crippen molar-refractivity contribution in [1.82, 2.24) is 5.32 Å². The first kappa shape index (κ1) is 14.6. The van der Waals surface area contributed by atoms with Gasteiger partial charge in [-0.05, 0) is 29.3 Å². The average molecular weight is 367 g/mol. The molecule has 0 fully saturated rings. The molecule has 0 aliphatic heterocycles. The molecule has 2 N–H and O–H groups in total. The third kappa shape index (κ3) is 2.84. The summed E-state index contributed by atoms with van der Waals surface area (Å²) in [6, 6.07) is 12.5. The zero-order valence-corrected chi connectivity index (χ0v) is 13.4.